The summed E-state index contributed by atoms with van der Waals surface area (Å²) in [6, 6.07) is 4.65. The molecule has 0 saturated carbocycles. The van der Waals surface area contributed by atoms with Gasteiger partial charge in [-0.25, -0.2) is 4.79 Å². The van der Waals surface area contributed by atoms with Crippen molar-refractivity contribution in [3.63, 3.8) is 0 Å². The van der Waals surface area contributed by atoms with Crippen molar-refractivity contribution in [2.45, 2.75) is 13.8 Å². The van der Waals surface area contributed by atoms with Gasteiger partial charge in [-0.15, -0.1) is 0 Å². The van der Waals surface area contributed by atoms with Crippen LogP contribution in [0.3, 0.4) is 0 Å². The van der Waals surface area contributed by atoms with Crippen molar-refractivity contribution >= 4 is 11.8 Å². The molecule has 1 N–H and O–H groups in total. The maximum Gasteiger partial charge on any atom is 0.340 e. The highest BCUT2D eigenvalue weighted by atomic mass is 16.5. The molecule has 0 bridgehead atoms. The monoisotopic (exact) mass is 222 g/mol. The summed E-state index contributed by atoms with van der Waals surface area (Å²) in [4.78, 5) is 22.9. The predicted molar refractivity (Wildman–Crippen MR) is 59.1 cm³/mol. The minimum atomic E-state index is -1.15. The lowest BCUT2D eigenvalue weighted by molar-refractivity contribution is 0.0687. The van der Waals surface area contributed by atoms with E-state index in [0.29, 0.717) is 0 Å². The summed E-state index contributed by atoms with van der Waals surface area (Å²) in [6.45, 7) is 3.46. The number of benzene rings is 1. The van der Waals surface area contributed by atoms with Gasteiger partial charge in [0, 0.05) is 11.5 Å². The van der Waals surface area contributed by atoms with Crippen LogP contribution in [0.4, 0.5) is 0 Å². The number of rotatable bonds is 4. The summed E-state index contributed by atoms with van der Waals surface area (Å²) in [5.74, 6) is -1.39. The molecule has 86 valence electrons. The molecule has 4 nitrogen and oxygen atoms in total. The van der Waals surface area contributed by atoms with Gasteiger partial charge < -0.3 is 9.84 Å². The van der Waals surface area contributed by atoms with Crippen LogP contribution in [0.15, 0.2) is 18.2 Å². The van der Waals surface area contributed by atoms with E-state index in [1.54, 1.807) is 19.9 Å². The molecule has 4 heteroatoms. The number of methoxy groups -OCH3 is 1. The van der Waals surface area contributed by atoms with E-state index in [-0.39, 0.29) is 28.6 Å². The molecule has 0 fully saturated rings. The van der Waals surface area contributed by atoms with Crippen molar-refractivity contribution in [2.75, 3.05) is 7.11 Å². The fraction of sp³-hybridized carbons (Fsp3) is 0.333. The zero-order chi connectivity index (χ0) is 12.3. The average Bonchev–Trinajstić information content (AvgIpc) is 2.26. The fourth-order valence-electron chi connectivity index (χ4n) is 1.44. The van der Waals surface area contributed by atoms with E-state index in [9.17, 15) is 9.59 Å². The third kappa shape index (κ3) is 2.21. The Balaban J connectivity index is 3.39. The molecule has 0 atom stereocenters. The van der Waals surface area contributed by atoms with Crippen molar-refractivity contribution in [3.8, 4) is 5.75 Å². The summed E-state index contributed by atoms with van der Waals surface area (Å²) in [7, 11) is 1.38. The summed E-state index contributed by atoms with van der Waals surface area (Å²) in [5, 5.41) is 9.08. The molecule has 0 aliphatic heterocycles. The van der Waals surface area contributed by atoms with Gasteiger partial charge in [0.2, 0.25) is 0 Å². The normalized spacial score (nSPS) is 10.2. The highest BCUT2D eigenvalue weighted by Gasteiger charge is 2.22. The van der Waals surface area contributed by atoms with Gasteiger partial charge in [-0.05, 0) is 6.07 Å². The summed E-state index contributed by atoms with van der Waals surface area (Å²) in [6.07, 6.45) is 0. The Labute approximate surface area is 93.9 Å². The SMILES string of the molecule is COc1cccc(C(=O)C(C)C)c1C(=O)O. The number of Topliss-reactive ketones (excluding diaryl/α,β-unsaturated/α-hetero) is 1. The Morgan fingerprint density at radius 2 is 1.94 bits per heavy atom. The zero-order valence-corrected chi connectivity index (χ0v) is 9.48. The van der Waals surface area contributed by atoms with Crippen molar-refractivity contribution < 1.29 is 19.4 Å². The van der Waals surface area contributed by atoms with Gasteiger partial charge in [-0.3, -0.25) is 4.79 Å². The van der Waals surface area contributed by atoms with E-state index in [2.05, 4.69) is 0 Å². The quantitative estimate of drug-likeness (QED) is 0.793. The topological polar surface area (TPSA) is 63.6 Å². The van der Waals surface area contributed by atoms with E-state index in [0.717, 1.165) is 0 Å². The predicted octanol–water partition coefficient (Wildman–Crippen LogP) is 2.23. The lowest BCUT2D eigenvalue weighted by Gasteiger charge is -2.11. The number of carboxylic acid groups (broad SMARTS) is 1. The molecule has 16 heavy (non-hydrogen) atoms. The van der Waals surface area contributed by atoms with E-state index in [4.69, 9.17) is 9.84 Å². The second-order valence-electron chi connectivity index (χ2n) is 3.71. The van der Waals surface area contributed by atoms with E-state index >= 15 is 0 Å². The molecule has 0 aromatic heterocycles. The third-order valence-electron chi connectivity index (χ3n) is 2.25. The van der Waals surface area contributed by atoms with Crippen LogP contribution in [-0.4, -0.2) is 24.0 Å². The van der Waals surface area contributed by atoms with E-state index in [1.807, 2.05) is 0 Å². The summed E-state index contributed by atoms with van der Waals surface area (Å²) < 4.78 is 4.94. The highest BCUT2D eigenvalue weighted by Crippen LogP contribution is 2.24. The molecular weight excluding hydrogens is 208 g/mol. The maximum absolute atomic E-state index is 11.8. The molecule has 0 radical (unpaired) electrons. The number of ether oxygens (including phenoxy) is 1. The molecule has 0 heterocycles. The Bertz CT molecular complexity index is 421. The van der Waals surface area contributed by atoms with Crippen LogP contribution in [0.2, 0.25) is 0 Å². The van der Waals surface area contributed by atoms with Crippen molar-refractivity contribution in [1.82, 2.24) is 0 Å². The number of ketones is 1. The lowest BCUT2D eigenvalue weighted by atomic mass is 9.96. The van der Waals surface area contributed by atoms with Crippen LogP contribution in [0.25, 0.3) is 0 Å². The molecule has 0 unspecified atom stereocenters. The van der Waals surface area contributed by atoms with E-state index in [1.165, 1.54) is 19.2 Å². The summed E-state index contributed by atoms with van der Waals surface area (Å²) in [5.41, 5.74) is 0.130. The second-order valence-corrected chi connectivity index (χ2v) is 3.71. The molecule has 1 aromatic carbocycles. The average molecular weight is 222 g/mol. The van der Waals surface area contributed by atoms with Gasteiger partial charge in [0.1, 0.15) is 11.3 Å². The Morgan fingerprint density at radius 1 is 1.31 bits per heavy atom. The lowest BCUT2D eigenvalue weighted by Crippen LogP contribution is -2.14. The van der Waals surface area contributed by atoms with Crippen molar-refractivity contribution in [1.29, 1.82) is 0 Å². The first kappa shape index (κ1) is 12.2. The van der Waals surface area contributed by atoms with E-state index < -0.39 is 5.97 Å². The van der Waals surface area contributed by atoms with Crippen LogP contribution >= 0.6 is 0 Å². The highest BCUT2D eigenvalue weighted by molar-refractivity contribution is 6.08. The largest absolute Gasteiger partial charge is 0.496 e. The molecule has 0 saturated heterocycles. The zero-order valence-electron chi connectivity index (χ0n) is 9.48. The molecular formula is C12H14O4. The van der Waals surface area contributed by atoms with Crippen molar-refractivity contribution in [3.05, 3.63) is 29.3 Å². The van der Waals surface area contributed by atoms with Crippen LogP contribution in [0.1, 0.15) is 34.6 Å². The molecule has 0 spiro atoms. The van der Waals surface area contributed by atoms with Crippen LogP contribution < -0.4 is 4.74 Å². The third-order valence-corrected chi connectivity index (χ3v) is 2.25. The standard InChI is InChI=1S/C12H14O4/c1-7(2)11(13)8-5-4-6-9(16-3)10(8)12(14)15/h4-7H,1-3H3,(H,14,15). The number of carbonyl (C=O) groups excluding carboxylic acids is 1. The first-order valence-corrected chi connectivity index (χ1v) is 4.93. The van der Waals surface area contributed by atoms with Crippen LogP contribution in [0, 0.1) is 5.92 Å². The first-order chi connectivity index (χ1) is 7.49. The second kappa shape index (κ2) is 4.79. The van der Waals surface area contributed by atoms with Crippen LogP contribution in [0.5, 0.6) is 5.75 Å². The van der Waals surface area contributed by atoms with Gasteiger partial charge in [-0.2, -0.15) is 0 Å². The molecule has 0 aliphatic carbocycles. The van der Waals surface area contributed by atoms with Gasteiger partial charge in [-0.1, -0.05) is 26.0 Å². The summed E-state index contributed by atoms with van der Waals surface area (Å²) >= 11 is 0. The minimum Gasteiger partial charge on any atom is -0.496 e. The molecule has 0 amide bonds. The van der Waals surface area contributed by atoms with Gasteiger partial charge in [0.05, 0.1) is 7.11 Å². The molecule has 1 rings (SSSR count). The molecule has 1 aromatic rings. The van der Waals surface area contributed by atoms with Crippen molar-refractivity contribution in [2.24, 2.45) is 5.92 Å². The number of aromatic carboxylic acids is 1. The molecule has 0 aliphatic rings. The number of hydrogen-bond donors (Lipinski definition) is 1. The Hall–Kier alpha value is -1.84. The van der Waals surface area contributed by atoms with Gasteiger partial charge in [0.25, 0.3) is 0 Å². The van der Waals surface area contributed by atoms with Gasteiger partial charge >= 0.3 is 5.97 Å². The maximum atomic E-state index is 11.8. The first-order valence-electron chi connectivity index (χ1n) is 4.93. The van der Waals surface area contributed by atoms with Crippen LogP contribution in [-0.2, 0) is 0 Å². The number of hydrogen-bond acceptors (Lipinski definition) is 3. The minimum absolute atomic E-state index is 0.0660. The fourth-order valence-corrected chi connectivity index (χ4v) is 1.44. The number of carboxylic acids is 1. The smallest absolute Gasteiger partial charge is 0.340 e. The number of carbonyl (C=O) groups is 2. The Morgan fingerprint density at radius 3 is 2.38 bits per heavy atom. The van der Waals surface area contributed by atoms with Gasteiger partial charge in [0.15, 0.2) is 5.78 Å². The Kier molecular flexibility index (Phi) is 3.66.